The predicted molar refractivity (Wildman–Crippen MR) is 55.9 cm³/mol. The summed E-state index contributed by atoms with van der Waals surface area (Å²) >= 11 is 0. The number of hydrogen-bond acceptors (Lipinski definition) is 3. The van der Waals surface area contributed by atoms with Gasteiger partial charge in [-0.05, 0) is 34.1 Å². The van der Waals surface area contributed by atoms with Crippen LogP contribution in [-0.4, -0.2) is 23.3 Å². The van der Waals surface area contributed by atoms with Gasteiger partial charge in [0.1, 0.15) is 0 Å². The number of carbonyl (C=O) groups excluding carboxylic acids is 1. The Bertz CT molecular complexity index is 213. The Morgan fingerprint density at radius 2 is 2.07 bits per heavy atom. The van der Waals surface area contributed by atoms with E-state index in [0.29, 0.717) is 13.0 Å². The Balaban J connectivity index is 3.99. The van der Waals surface area contributed by atoms with E-state index in [0.717, 1.165) is 5.57 Å². The lowest BCUT2D eigenvalue weighted by atomic mass is 9.98. The summed E-state index contributed by atoms with van der Waals surface area (Å²) < 4.78 is 4.77. The molecule has 14 heavy (non-hydrogen) atoms. The van der Waals surface area contributed by atoms with Crippen LogP contribution in [0.2, 0.25) is 0 Å². The summed E-state index contributed by atoms with van der Waals surface area (Å²) in [5.41, 5.74) is 0.129. The number of ether oxygens (including phenoxy) is 1. The van der Waals surface area contributed by atoms with E-state index < -0.39 is 5.60 Å². The molecule has 0 aromatic carbocycles. The molecule has 0 saturated heterocycles. The van der Waals surface area contributed by atoms with Crippen molar-refractivity contribution in [3.05, 3.63) is 11.6 Å². The summed E-state index contributed by atoms with van der Waals surface area (Å²) in [5.74, 6) is -0.255. The molecule has 3 heteroatoms. The zero-order valence-electron chi connectivity index (χ0n) is 9.46. The molecule has 0 spiro atoms. The van der Waals surface area contributed by atoms with E-state index in [2.05, 4.69) is 0 Å². The number of esters is 1. The summed E-state index contributed by atoms with van der Waals surface area (Å²) in [6, 6.07) is 0. The second-order valence-corrected chi connectivity index (χ2v) is 3.88. The van der Waals surface area contributed by atoms with Gasteiger partial charge in [0.05, 0.1) is 12.2 Å². The molecule has 0 aromatic heterocycles. The maximum atomic E-state index is 11.0. The fourth-order valence-electron chi connectivity index (χ4n) is 1.28. The standard InChI is InChI=1S/C11H20O3/c1-5-14-10(12)6-7-11(4,13)8-9(2)3/h8,13H,5-7H2,1-4H3. The van der Waals surface area contributed by atoms with Gasteiger partial charge in [-0.2, -0.15) is 0 Å². The van der Waals surface area contributed by atoms with Gasteiger partial charge in [-0.1, -0.05) is 11.6 Å². The molecule has 3 nitrogen and oxygen atoms in total. The van der Waals surface area contributed by atoms with Crippen LogP contribution in [-0.2, 0) is 9.53 Å². The monoisotopic (exact) mass is 200 g/mol. The third kappa shape index (κ3) is 6.66. The largest absolute Gasteiger partial charge is 0.466 e. The first kappa shape index (κ1) is 13.2. The summed E-state index contributed by atoms with van der Waals surface area (Å²) in [6.07, 6.45) is 2.41. The van der Waals surface area contributed by atoms with Crippen molar-refractivity contribution in [2.24, 2.45) is 0 Å². The maximum Gasteiger partial charge on any atom is 0.305 e. The van der Waals surface area contributed by atoms with Gasteiger partial charge in [-0.25, -0.2) is 0 Å². The van der Waals surface area contributed by atoms with Crippen molar-refractivity contribution in [1.29, 1.82) is 0 Å². The average Bonchev–Trinajstić information content (AvgIpc) is 1.99. The molecule has 0 amide bonds. The van der Waals surface area contributed by atoms with Gasteiger partial charge in [0.25, 0.3) is 0 Å². The Morgan fingerprint density at radius 1 is 1.50 bits per heavy atom. The van der Waals surface area contributed by atoms with Crippen LogP contribution in [0, 0.1) is 0 Å². The van der Waals surface area contributed by atoms with Crippen LogP contribution in [0.3, 0.4) is 0 Å². The minimum atomic E-state index is -0.911. The van der Waals surface area contributed by atoms with Gasteiger partial charge in [-0.3, -0.25) is 4.79 Å². The number of rotatable bonds is 5. The van der Waals surface area contributed by atoms with Crippen molar-refractivity contribution in [2.75, 3.05) is 6.61 Å². The highest BCUT2D eigenvalue weighted by Gasteiger charge is 2.18. The number of allylic oxidation sites excluding steroid dienone is 1. The minimum absolute atomic E-state index is 0.255. The lowest BCUT2D eigenvalue weighted by Crippen LogP contribution is -2.23. The molecule has 1 N–H and O–H groups in total. The summed E-state index contributed by atoms with van der Waals surface area (Å²) in [7, 11) is 0. The molecule has 0 fully saturated rings. The highest BCUT2D eigenvalue weighted by atomic mass is 16.5. The van der Waals surface area contributed by atoms with E-state index in [-0.39, 0.29) is 12.4 Å². The highest BCUT2D eigenvalue weighted by molar-refractivity contribution is 5.69. The molecule has 1 unspecified atom stereocenters. The van der Waals surface area contributed by atoms with Crippen LogP contribution >= 0.6 is 0 Å². The number of hydrogen-bond donors (Lipinski definition) is 1. The molecule has 0 rings (SSSR count). The minimum Gasteiger partial charge on any atom is -0.466 e. The van der Waals surface area contributed by atoms with E-state index in [1.54, 1.807) is 19.9 Å². The van der Waals surface area contributed by atoms with Crippen LogP contribution in [0.25, 0.3) is 0 Å². The third-order valence-corrected chi connectivity index (χ3v) is 1.74. The molecule has 1 atom stereocenters. The van der Waals surface area contributed by atoms with E-state index in [9.17, 15) is 9.90 Å². The van der Waals surface area contributed by atoms with E-state index in [1.165, 1.54) is 0 Å². The second-order valence-electron chi connectivity index (χ2n) is 3.88. The first-order valence-corrected chi connectivity index (χ1v) is 4.91. The van der Waals surface area contributed by atoms with Crippen LogP contribution < -0.4 is 0 Å². The molecule has 0 bridgehead atoms. The average molecular weight is 200 g/mol. The number of carbonyl (C=O) groups is 1. The molecule has 0 heterocycles. The van der Waals surface area contributed by atoms with Gasteiger partial charge in [0.15, 0.2) is 0 Å². The zero-order valence-corrected chi connectivity index (χ0v) is 9.46. The predicted octanol–water partition coefficient (Wildman–Crippen LogP) is 2.05. The van der Waals surface area contributed by atoms with Crippen molar-refractivity contribution >= 4 is 5.97 Å². The highest BCUT2D eigenvalue weighted by Crippen LogP contribution is 2.16. The van der Waals surface area contributed by atoms with Crippen LogP contribution in [0.1, 0.15) is 40.5 Å². The van der Waals surface area contributed by atoms with Crippen molar-refractivity contribution in [2.45, 2.75) is 46.1 Å². The first-order valence-electron chi connectivity index (χ1n) is 4.91. The van der Waals surface area contributed by atoms with E-state index in [1.807, 2.05) is 13.8 Å². The third-order valence-electron chi connectivity index (χ3n) is 1.74. The normalized spacial score (nSPS) is 14.4. The Morgan fingerprint density at radius 3 is 2.50 bits per heavy atom. The molecule has 0 aliphatic heterocycles. The molecule has 0 radical (unpaired) electrons. The van der Waals surface area contributed by atoms with Gasteiger partial charge < -0.3 is 9.84 Å². The molecular formula is C11H20O3. The van der Waals surface area contributed by atoms with Gasteiger partial charge in [-0.15, -0.1) is 0 Å². The lowest BCUT2D eigenvalue weighted by Gasteiger charge is -2.18. The maximum absolute atomic E-state index is 11.0. The summed E-state index contributed by atoms with van der Waals surface area (Å²) in [6.45, 7) is 7.69. The Labute approximate surface area is 85.8 Å². The lowest BCUT2D eigenvalue weighted by molar-refractivity contribution is -0.144. The molecular weight excluding hydrogens is 180 g/mol. The molecule has 0 aliphatic rings. The SMILES string of the molecule is CCOC(=O)CCC(C)(O)C=C(C)C. The Hall–Kier alpha value is -0.830. The zero-order chi connectivity index (χ0) is 11.2. The fourth-order valence-corrected chi connectivity index (χ4v) is 1.28. The quantitative estimate of drug-likeness (QED) is 0.545. The molecule has 0 aromatic rings. The van der Waals surface area contributed by atoms with E-state index >= 15 is 0 Å². The van der Waals surface area contributed by atoms with Crippen LogP contribution in [0.5, 0.6) is 0 Å². The smallest absolute Gasteiger partial charge is 0.305 e. The number of aliphatic hydroxyl groups is 1. The molecule has 0 saturated carbocycles. The summed E-state index contributed by atoms with van der Waals surface area (Å²) in [4.78, 5) is 11.0. The topological polar surface area (TPSA) is 46.5 Å². The van der Waals surface area contributed by atoms with Crippen molar-refractivity contribution in [1.82, 2.24) is 0 Å². The van der Waals surface area contributed by atoms with Gasteiger partial charge in [0.2, 0.25) is 0 Å². The second kappa shape index (κ2) is 5.81. The molecule has 0 aliphatic carbocycles. The van der Waals surface area contributed by atoms with Crippen molar-refractivity contribution < 1.29 is 14.6 Å². The van der Waals surface area contributed by atoms with Crippen molar-refractivity contribution in [3.8, 4) is 0 Å². The van der Waals surface area contributed by atoms with Crippen molar-refractivity contribution in [3.63, 3.8) is 0 Å². The first-order chi connectivity index (χ1) is 6.37. The van der Waals surface area contributed by atoms with Crippen LogP contribution in [0.4, 0.5) is 0 Å². The fraction of sp³-hybridized carbons (Fsp3) is 0.727. The Kier molecular flexibility index (Phi) is 5.46. The molecule has 82 valence electrons. The van der Waals surface area contributed by atoms with Gasteiger partial charge in [0, 0.05) is 6.42 Å². The van der Waals surface area contributed by atoms with E-state index in [4.69, 9.17) is 4.74 Å². The summed E-state index contributed by atoms with van der Waals surface area (Å²) in [5, 5.41) is 9.82. The van der Waals surface area contributed by atoms with Crippen LogP contribution in [0.15, 0.2) is 11.6 Å². The van der Waals surface area contributed by atoms with Gasteiger partial charge >= 0.3 is 5.97 Å².